The quantitative estimate of drug-likeness (QED) is 0.386. The number of hydrogen-bond acceptors (Lipinski definition) is 6. The third-order valence-corrected chi connectivity index (χ3v) is 7.93. The van der Waals surface area contributed by atoms with Gasteiger partial charge in [0.05, 0.1) is 27.0 Å². The monoisotopic (exact) mass is 496 g/mol. The number of hydrogen-bond donors (Lipinski definition) is 0. The molecule has 0 unspecified atom stereocenters. The number of benzene rings is 3. The van der Waals surface area contributed by atoms with Crippen molar-refractivity contribution in [3.63, 3.8) is 0 Å². The van der Waals surface area contributed by atoms with Crippen molar-refractivity contribution >= 4 is 50.1 Å². The fraction of sp³-hybridized carbons (Fsp3) is 0.214. The van der Waals surface area contributed by atoms with E-state index in [0.717, 1.165) is 30.2 Å². The summed E-state index contributed by atoms with van der Waals surface area (Å²) in [6.07, 6.45) is 1.00. The summed E-state index contributed by atoms with van der Waals surface area (Å²) < 4.78 is 1.20. The second-order valence-corrected chi connectivity index (χ2v) is 9.98. The molecule has 6 rings (SSSR count). The average molecular weight is 497 g/mol. The van der Waals surface area contributed by atoms with Crippen LogP contribution in [0.2, 0.25) is 0 Å². The Morgan fingerprint density at radius 2 is 1.56 bits per heavy atom. The molecule has 3 heterocycles. The normalized spacial score (nSPS) is 15.6. The van der Waals surface area contributed by atoms with Gasteiger partial charge in [-0.15, -0.1) is 0 Å². The lowest BCUT2D eigenvalue weighted by Crippen LogP contribution is -2.48. The number of piperazine rings is 1. The van der Waals surface area contributed by atoms with Crippen LogP contribution in [0.15, 0.2) is 66.7 Å². The summed E-state index contributed by atoms with van der Waals surface area (Å²) in [5.41, 5.74) is 4.13. The van der Waals surface area contributed by atoms with Crippen molar-refractivity contribution in [3.8, 4) is 0 Å². The van der Waals surface area contributed by atoms with Crippen molar-refractivity contribution in [1.29, 1.82) is 0 Å². The van der Waals surface area contributed by atoms with Gasteiger partial charge in [0.1, 0.15) is 0 Å². The maximum absolute atomic E-state index is 13.1. The van der Waals surface area contributed by atoms with E-state index in [0.29, 0.717) is 35.5 Å². The third kappa shape index (κ3) is 3.74. The van der Waals surface area contributed by atoms with Gasteiger partial charge in [0, 0.05) is 31.7 Å². The average Bonchev–Trinajstić information content (AvgIpc) is 3.47. The molecule has 0 atom stereocenters. The van der Waals surface area contributed by atoms with E-state index in [4.69, 9.17) is 4.98 Å². The molecule has 180 valence electrons. The second-order valence-electron chi connectivity index (χ2n) is 8.97. The van der Waals surface area contributed by atoms with Gasteiger partial charge in [-0.3, -0.25) is 14.4 Å². The fourth-order valence-electron chi connectivity index (χ4n) is 4.77. The molecule has 1 fully saturated rings. The number of thiazole rings is 1. The number of fused-ring (bicyclic) bond motifs is 2. The van der Waals surface area contributed by atoms with Crippen LogP contribution >= 0.6 is 11.3 Å². The molecular formula is C28H24N4O3S. The summed E-state index contributed by atoms with van der Waals surface area (Å²) in [4.78, 5) is 48.7. The molecule has 0 saturated carbocycles. The van der Waals surface area contributed by atoms with Crippen LogP contribution in [0.25, 0.3) is 10.2 Å². The molecule has 36 heavy (non-hydrogen) atoms. The van der Waals surface area contributed by atoms with Crippen LogP contribution in [0.1, 0.15) is 43.6 Å². The molecule has 0 spiro atoms. The Balaban J connectivity index is 1.12. The first-order chi connectivity index (χ1) is 17.5. The van der Waals surface area contributed by atoms with Gasteiger partial charge < -0.3 is 9.80 Å². The largest absolute Gasteiger partial charge is 0.345 e. The number of carbonyl (C=O) groups is 3. The number of amides is 3. The van der Waals surface area contributed by atoms with E-state index in [1.54, 1.807) is 59.9 Å². The van der Waals surface area contributed by atoms with Crippen molar-refractivity contribution in [2.45, 2.75) is 13.3 Å². The first-order valence-corrected chi connectivity index (χ1v) is 12.9. The van der Waals surface area contributed by atoms with E-state index >= 15 is 0 Å². The summed E-state index contributed by atoms with van der Waals surface area (Å²) in [6.45, 7) is 4.81. The molecule has 2 aliphatic rings. The standard InChI is InChI=1S/C28H24N4O3S/c1-2-18-7-12-23-24(17-18)36-28(29-23)31-15-13-30(14-16-31)25(33)19-8-10-20(11-9-19)32-26(34)21-5-3-4-6-22(21)27(32)35/h3-12,17H,2,13-16H2,1H3. The van der Waals surface area contributed by atoms with Crippen LogP contribution in [-0.2, 0) is 6.42 Å². The number of carbonyl (C=O) groups excluding carboxylic acids is 3. The van der Waals surface area contributed by atoms with Crippen LogP contribution in [-0.4, -0.2) is 53.8 Å². The minimum atomic E-state index is -0.341. The molecule has 2 aliphatic heterocycles. The molecule has 0 aliphatic carbocycles. The molecule has 3 aromatic carbocycles. The molecule has 1 aromatic heterocycles. The molecule has 1 saturated heterocycles. The number of imide groups is 1. The van der Waals surface area contributed by atoms with E-state index in [-0.39, 0.29) is 17.7 Å². The van der Waals surface area contributed by atoms with E-state index in [1.807, 2.05) is 4.90 Å². The Morgan fingerprint density at radius 1 is 0.889 bits per heavy atom. The Labute approximate surface area is 212 Å². The summed E-state index contributed by atoms with van der Waals surface area (Å²) in [5.74, 6) is -0.737. The predicted molar refractivity (Wildman–Crippen MR) is 141 cm³/mol. The minimum absolute atomic E-state index is 0.0551. The van der Waals surface area contributed by atoms with E-state index in [2.05, 4.69) is 30.0 Å². The van der Waals surface area contributed by atoms with Crippen LogP contribution in [0.5, 0.6) is 0 Å². The van der Waals surface area contributed by atoms with Gasteiger partial charge in [-0.2, -0.15) is 0 Å². The highest BCUT2D eigenvalue weighted by atomic mass is 32.1. The lowest BCUT2D eigenvalue weighted by molar-refractivity contribution is 0.0746. The highest BCUT2D eigenvalue weighted by Crippen LogP contribution is 2.31. The molecule has 0 bridgehead atoms. The van der Waals surface area contributed by atoms with Crippen LogP contribution < -0.4 is 9.80 Å². The van der Waals surface area contributed by atoms with Gasteiger partial charge >= 0.3 is 0 Å². The summed E-state index contributed by atoms with van der Waals surface area (Å²) in [7, 11) is 0. The molecule has 4 aromatic rings. The summed E-state index contributed by atoms with van der Waals surface area (Å²) >= 11 is 1.70. The maximum Gasteiger partial charge on any atom is 0.266 e. The zero-order valence-corrected chi connectivity index (χ0v) is 20.6. The topological polar surface area (TPSA) is 73.8 Å². The van der Waals surface area contributed by atoms with Crippen LogP contribution in [0.4, 0.5) is 10.8 Å². The van der Waals surface area contributed by atoms with E-state index in [9.17, 15) is 14.4 Å². The van der Waals surface area contributed by atoms with Crippen molar-refractivity contribution < 1.29 is 14.4 Å². The molecule has 3 amide bonds. The predicted octanol–water partition coefficient (Wildman–Crippen LogP) is 4.62. The Kier molecular flexibility index (Phi) is 5.53. The van der Waals surface area contributed by atoms with Crippen molar-refractivity contribution in [1.82, 2.24) is 9.88 Å². The van der Waals surface area contributed by atoms with Gasteiger partial charge in [0.2, 0.25) is 0 Å². The highest BCUT2D eigenvalue weighted by molar-refractivity contribution is 7.22. The summed E-state index contributed by atoms with van der Waals surface area (Å²) in [6, 6.07) is 19.9. The van der Waals surface area contributed by atoms with Crippen LogP contribution in [0.3, 0.4) is 0 Å². The molecule has 7 nitrogen and oxygen atoms in total. The molecule has 8 heteroatoms. The number of aryl methyl sites for hydroxylation is 1. The van der Waals surface area contributed by atoms with Crippen molar-refractivity contribution in [2.75, 3.05) is 36.0 Å². The Hall–Kier alpha value is -4.04. The smallest absolute Gasteiger partial charge is 0.266 e. The molecular weight excluding hydrogens is 472 g/mol. The lowest BCUT2D eigenvalue weighted by atomic mass is 10.1. The van der Waals surface area contributed by atoms with Gasteiger partial charge in [0.15, 0.2) is 5.13 Å². The lowest BCUT2D eigenvalue weighted by Gasteiger charge is -2.34. The maximum atomic E-state index is 13.1. The first-order valence-electron chi connectivity index (χ1n) is 12.0. The van der Waals surface area contributed by atoms with Crippen molar-refractivity contribution in [3.05, 3.63) is 89.0 Å². The number of nitrogens with zero attached hydrogens (tertiary/aromatic N) is 4. The SMILES string of the molecule is CCc1ccc2nc(N3CCN(C(=O)c4ccc(N5C(=O)c6ccccc6C5=O)cc4)CC3)sc2c1. The van der Waals surface area contributed by atoms with Gasteiger partial charge in [-0.05, 0) is 60.5 Å². The number of aromatic nitrogens is 1. The third-order valence-electron chi connectivity index (χ3n) is 6.85. The van der Waals surface area contributed by atoms with E-state index < -0.39 is 0 Å². The summed E-state index contributed by atoms with van der Waals surface area (Å²) in [5, 5.41) is 0.996. The van der Waals surface area contributed by atoms with Crippen molar-refractivity contribution in [2.24, 2.45) is 0 Å². The molecule has 0 radical (unpaired) electrons. The van der Waals surface area contributed by atoms with Gasteiger partial charge in [0.25, 0.3) is 17.7 Å². The number of anilines is 2. The van der Waals surface area contributed by atoms with Crippen LogP contribution in [0, 0.1) is 0 Å². The zero-order valence-electron chi connectivity index (χ0n) is 19.8. The van der Waals surface area contributed by atoms with Gasteiger partial charge in [-0.25, -0.2) is 9.88 Å². The second kappa shape index (κ2) is 8.87. The highest BCUT2D eigenvalue weighted by Gasteiger charge is 2.36. The molecule has 0 N–H and O–H groups in total. The number of rotatable bonds is 4. The van der Waals surface area contributed by atoms with Gasteiger partial charge in [-0.1, -0.05) is 36.5 Å². The Bertz CT molecular complexity index is 1470. The Morgan fingerprint density at radius 3 is 2.19 bits per heavy atom. The van der Waals surface area contributed by atoms with E-state index in [1.165, 1.54) is 15.2 Å². The minimum Gasteiger partial charge on any atom is -0.345 e. The first kappa shape index (κ1) is 22.4. The fourth-order valence-corrected chi connectivity index (χ4v) is 5.85. The zero-order chi connectivity index (χ0) is 24.8.